The maximum absolute atomic E-state index is 10.8. The Kier molecular flexibility index (Phi) is 3.49. The first-order valence-electron chi connectivity index (χ1n) is 4.71. The number of rotatable bonds is 3. The number of halogens is 2. The molecular weight excluding hydrogens is 325 g/mol. The molecule has 1 heterocycles. The van der Waals surface area contributed by atoms with E-state index in [1.165, 1.54) is 24.3 Å². The van der Waals surface area contributed by atoms with Crippen LogP contribution >= 0.6 is 27.5 Å². The van der Waals surface area contributed by atoms with Crippen molar-refractivity contribution in [3.63, 3.8) is 0 Å². The van der Waals surface area contributed by atoms with Crippen LogP contribution in [-0.4, -0.2) is 11.2 Å². The summed E-state index contributed by atoms with van der Waals surface area (Å²) < 4.78 is 5.46. The smallest absolute Gasteiger partial charge is 0.284 e. The van der Waals surface area contributed by atoms with Crippen LogP contribution in [0.5, 0.6) is 0 Å². The quantitative estimate of drug-likeness (QED) is 0.483. The summed E-state index contributed by atoms with van der Waals surface area (Å²) in [6, 6.07) is 5.70. The SMILES string of the molecule is O=Cc1ccc(-c2cc([N+](=O)[O-])c(Br)cc2Cl)o1. The summed E-state index contributed by atoms with van der Waals surface area (Å²) in [6.07, 6.45) is 0.546. The fourth-order valence-corrected chi connectivity index (χ4v) is 2.30. The number of nitro benzene ring substituents is 1. The Hall–Kier alpha value is -1.66. The molecule has 18 heavy (non-hydrogen) atoms. The van der Waals surface area contributed by atoms with Crippen LogP contribution in [0.1, 0.15) is 10.6 Å². The summed E-state index contributed by atoms with van der Waals surface area (Å²) in [5.41, 5.74) is 0.234. The predicted molar refractivity (Wildman–Crippen MR) is 68.9 cm³/mol. The van der Waals surface area contributed by atoms with Gasteiger partial charge in [0.1, 0.15) is 5.76 Å². The normalized spacial score (nSPS) is 10.3. The van der Waals surface area contributed by atoms with Gasteiger partial charge in [0.05, 0.1) is 14.4 Å². The monoisotopic (exact) mass is 329 g/mol. The molecule has 0 aliphatic heterocycles. The van der Waals surface area contributed by atoms with Crippen molar-refractivity contribution in [2.24, 2.45) is 0 Å². The summed E-state index contributed by atoms with van der Waals surface area (Å²) >= 11 is 9.05. The lowest BCUT2D eigenvalue weighted by Crippen LogP contribution is -1.90. The Balaban J connectivity index is 2.59. The largest absolute Gasteiger partial charge is 0.453 e. The van der Waals surface area contributed by atoms with Crippen molar-refractivity contribution in [3.8, 4) is 11.3 Å². The minimum Gasteiger partial charge on any atom is -0.453 e. The third-order valence-corrected chi connectivity index (χ3v) is 3.19. The van der Waals surface area contributed by atoms with Gasteiger partial charge in [-0.1, -0.05) is 11.6 Å². The first-order valence-corrected chi connectivity index (χ1v) is 5.89. The third kappa shape index (κ3) is 2.30. The van der Waals surface area contributed by atoms with Gasteiger partial charge in [0, 0.05) is 11.6 Å². The number of aldehydes is 1. The van der Waals surface area contributed by atoms with Gasteiger partial charge in [-0.25, -0.2) is 0 Å². The second kappa shape index (κ2) is 4.91. The van der Waals surface area contributed by atoms with Crippen molar-refractivity contribution in [1.82, 2.24) is 0 Å². The van der Waals surface area contributed by atoms with Crippen molar-refractivity contribution in [2.75, 3.05) is 0 Å². The first kappa shape index (κ1) is 12.8. The zero-order valence-electron chi connectivity index (χ0n) is 8.72. The van der Waals surface area contributed by atoms with E-state index in [1.54, 1.807) is 0 Å². The Morgan fingerprint density at radius 2 is 2.11 bits per heavy atom. The molecule has 0 radical (unpaired) electrons. The van der Waals surface area contributed by atoms with Crippen LogP contribution < -0.4 is 0 Å². The van der Waals surface area contributed by atoms with E-state index in [2.05, 4.69) is 15.9 Å². The molecule has 0 amide bonds. The van der Waals surface area contributed by atoms with Crippen molar-refractivity contribution in [1.29, 1.82) is 0 Å². The van der Waals surface area contributed by atoms with E-state index in [9.17, 15) is 14.9 Å². The van der Waals surface area contributed by atoms with E-state index in [-0.39, 0.29) is 15.9 Å². The Morgan fingerprint density at radius 3 is 2.67 bits per heavy atom. The maximum Gasteiger partial charge on any atom is 0.284 e. The highest BCUT2D eigenvalue weighted by Crippen LogP contribution is 2.37. The van der Waals surface area contributed by atoms with E-state index < -0.39 is 4.92 Å². The number of hydrogen-bond acceptors (Lipinski definition) is 4. The fraction of sp³-hybridized carbons (Fsp3) is 0. The number of nitrogens with zero attached hydrogens (tertiary/aromatic N) is 1. The molecule has 0 saturated carbocycles. The number of nitro groups is 1. The van der Waals surface area contributed by atoms with Crippen LogP contribution in [0.2, 0.25) is 5.02 Å². The number of carbonyl (C=O) groups is 1. The number of furan rings is 1. The lowest BCUT2D eigenvalue weighted by molar-refractivity contribution is -0.385. The molecule has 0 aliphatic rings. The molecule has 1 aromatic heterocycles. The van der Waals surface area contributed by atoms with Crippen molar-refractivity contribution in [2.45, 2.75) is 0 Å². The molecule has 92 valence electrons. The zero-order valence-corrected chi connectivity index (χ0v) is 11.1. The van der Waals surface area contributed by atoms with Crippen molar-refractivity contribution >= 4 is 39.5 Å². The number of hydrogen-bond donors (Lipinski definition) is 0. The summed E-state index contributed by atoms with van der Waals surface area (Å²) in [6.45, 7) is 0. The molecule has 2 rings (SSSR count). The minimum atomic E-state index is -0.534. The Labute approximate surface area is 115 Å². The summed E-state index contributed by atoms with van der Waals surface area (Å²) in [5.74, 6) is 0.435. The van der Waals surface area contributed by atoms with Gasteiger partial charge in [0.25, 0.3) is 5.69 Å². The van der Waals surface area contributed by atoms with Gasteiger partial charge >= 0.3 is 0 Å². The average Bonchev–Trinajstić information content (AvgIpc) is 2.77. The van der Waals surface area contributed by atoms with Crippen molar-refractivity contribution < 1.29 is 14.1 Å². The zero-order chi connectivity index (χ0) is 13.3. The highest BCUT2D eigenvalue weighted by Gasteiger charge is 2.18. The topological polar surface area (TPSA) is 73.3 Å². The molecule has 5 nitrogen and oxygen atoms in total. The Morgan fingerprint density at radius 1 is 1.39 bits per heavy atom. The molecule has 0 atom stereocenters. The molecule has 2 aromatic rings. The second-order valence-electron chi connectivity index (χ2n) is 3.36. The summed E-state index contributed by atoms with van der Waals surface area (Å²) in [7, 11) is 0. The van der Waals surface area contributed by atoms with Gasteiger partial charge in [0.15, 0.2) is 12.0 Å². The van der Waals surface area contributed by atoms with Gasteiger partial charge in [-0.2, -0.15) is 0 Å². The molecule has 1 aromatic carbocycles. The van der Waals surface area contributed by atoms with Gasteiger partial charge in [-0.05, 0) is 34.1 Å². The maximum atomic E-state index is 10.8. The highest BCUT2D eigenvalue weighted by molar-refractivity contribution is 9.10. The van der Waals surface area contributed by atoms with Gasteiger partial charge in [0.2, 0.25) is 0 Å². The number of carbonyl (C=O) groups excluding carboxylic acids is 1. The summed E-state index contributed by atoms with van der Waals surface area (Å²) in [5, 5.41) is 11.1. The van der Waals surface area contributed by atoms with Gasteiger partial charge in [-0.3, -0.25) is 14.9 Å². The average molecular weight is 331 g/mol. The molecule has 0 bridgehead atoms. The molecule has 0 unspecified atom stereocenters. The molecule has 0 aliphatic carbocycles. The van der Waals surface area contributed by atoms with Crippen LogP contribution in [-0.2, 0) is 0 Å². The second-order valence-corrected chi connectivity index (χ2v) is 4.62. The van der Waals surface area contributed by atoms with E-state index in [0.717, 1.165) is 0 Å². The molecule has 0 spiro atoms. The van der Waals surface area contributed by atoms with Crippen LogP contribution in [0.4, 0.5) is 5.69 Å². The minimum absolute atomic E-state index is 0.126. The first-order chi connectivity index (χ1) is 8.52. The molecule has 7 heteroatoms. The fourth-order valence-electron chi connectivity index (χ4n) is 1.43. The van der Waals surface area contributed by atoms with Gasteiger partial charge < -0.3 is 4.42 Å². The van der Waals surface area contributed by atoms with Crippen LogP contribution in [0.3, 0.4) is 0 Å². The number of benzene rings is 1. The molecule has 0 saturated heterocycles. The van der Waals surface area contributed by atoms with Crippen molar-refractivity contribution in [3.05, 3.63) is 49.6 Å². The predicted octanol–water partition coefficient (Wildman–Crippen LogP) is 4.08. The lowest BCUT2D eigenvalue weighted by atomic mass is 10.1. The third-order valence-electron chi connectivity index (χ3n) is 2.24. The lowest BCUT2D eigenvalue weighted by Gasteiger charge is -2.02. The molecule has 0 N–H and O–H groups in total. The van der Waals surface area contributed by atoms with Crippen LogP contribution in [0, 0.1) is 10.1 Å². The molecular formula is C11H5BrClNO4. The van der Waals surface area contributed by atoms with Gasteiger partial charge in [-0.15, -0.1) is 0 Å². The van der Waals surface area contributed by atoms with Crippen LogP contribution in [0.25, 0.3) is 11.3 Å². The van der Waals surface area contributed by atoms with Crippen LogP contribution in [0.15, 0.2) is 33.2 Å². The Bertz CT molecular complexity index is 638. The standard InChI is InChI=1S/C11H5BrClNO4/c12-8-4-9(13)7(3-10(8)14(16)17)11-2-1-6(5-15)18-11/h1-5H. The van der Waals surface area contributed by atoms with E-state index in [1.807, 2.05) is 0 Å². The van der Waals surface area contributed by atoms with E-state index in [4.69, 9.17) is 16.0 Å². The molecule has 0 fully saturated rings. The summed E-state index contributed by atoms with van der Waals surface area (Å²) in [4.78, 5) is 20.8. The van der Waals surface area contributed by atoms with E-state index >= 15 is 0 Å². The highest BCUT2D eigenvalue weighted by atomic mass is 79.9. The van der Waals surface area contributed by atoms with E-state index in [0.29, 0.717) is 22.6 Å².